The molecule has 3 aromatic rings. The number of hydrogen-bond acceptors (Lipinski definition) is 5. The van der Waals surface area contributed by atoms with Crippen molar-refractivity contribution in [1.29, 1.82) is 0 Å². The maximum absolute atomic E-state index is 12.5. The lowest BCUT2D eigenvalue weighted by Crippen LogP contribution is -2.37. The zero-order valence-corrected chi connectivity index (χ0v) is 17.1. The van der Waals surface area contributed by atoms with Crippen molar-refractivity contribution >= 4 is 35.0 Å². The largest absolute Gasteiger partial charge is 0.495 e. The highest BCUT2D eigenvalue weighted by molar-refractivity contribution is 8.00. The van der Waals surface area contributed by atoms with E-state index in [1.165, 1.54) is 11.8 Å². The van der Waals surface area contributed by atoms with Crippen LogP contribution in [-0.2, 0) is 4.79 Å². The molecule has 146 valence electrons. The highest BCUT2D eigenvalue weighted by atomic mass is 35.5. The van der Waals surface area contributed by atoms with E-state index in [2.05, 4.69) is 10.6 Å². The van der Waals surface area contributed by atoms with Gasteiger partial charge < -0.3 is 10.1 Å². The molecule has 0 aliphatic carbocycles. The lowest BCUT2D eigenvalue weighted by Gasteiger charge is -2.11. The number of methoxy groups -OCH3 is 1. The minimum Gasteiger partial charge on any atom is -0.495 e. The van der Waals surface area contributed by atoms with Crippen molar-refractivity contribution in [2.45, 2.75) is 24.1 Å². The number of aromatic amines is 1. The lowest BCUT2D eigenvalue weighted by atomic mass is 10.2. The van der Waals surface area contributed by atoms with E-state index in [0.29, 0.717) is 16.5 Å². The van der Waals surface area contributed by atoms with Crippen LogP contribution in [0.25, 0.3) is 5.69 Å². The topological polar surface area (TPSA) is 88.2 Å². The van der Waals surface area contributed by atoms with E-state index in [0.717, 1.165) is 23.0 Å². The molecule has 1 atom stereocenters. The lowest BCUT2D eigenvalue weighted by molar-refractivity contribution is -0.704. The van der Waals surface area contributed by atoms with Gasteiger partial charge in [0.2, 0.25) is 11.6 Å². The maximum Gasteiger partial charge on any atom is 0.442 e. The molecule has 0 fully saturated rings. The first-order chi connectivity index (χ1) is 13.4. The summed E-state index contributed by atoms with van der Waals surface area (Å²) in [6, 6.07) is 12.5. The van der Waals surface area contributed by atoms with Gasteiger partial charge in [0.05, 0.1) is 17.4 Å². The molecule has 0 saturated heterocycles. The Labute approximate surface area is 170 Å². The number of H-pyrrole nitrogens is 1. The number of nitrogens with one attached hydrogen (secondary N) is 2. The van der Waals surface area contributed by atoms with Crippen molar-refractivity contribution in [3.63, 3.8) is 0 Å². The summed E-state index contributed by atoms with van der Waals surface area (Å²) in [5, 5.41) is 5.46. The van der Waals surface area contributed by atoms with Crippen LogP contribution in [0.3, 0.4) is 0 Å². The number of aryl methyl sites for hydroxylation is 1. The maximum atomic E-state index is 12.5. The molecule has 0 aliphatic rings. The molecule has 0 saturated carbocycles. The van der Waals surface area contributed by atoms with Gasteiger partial charge in [-0.3, -0.25) is 9.32 Å². The molecular formula is C19H19ClN3O4S+. The summed E-state index contributed by atoms with van der Waals surface area (Å²) >= 11 is 7.18. The van der Waals surface area contributed by atoms with E-state index in [9.17, 15) is 9.59 Å². The number of amides is 1. The third-order valence-electron chi connectivity index (χ3n) is 3.98. The molecule has 9 heteroatoms. The molecule has 2 N–H and O–H groups in total. The van der Waals surface area contributed by atoms with Crippen LogP contribution in [0.5, 0.6) is 5.75 Å². The molecule has 0 bridgehead atoms. The SMILES string of the molecule is COc1ccc(NC(=O)C(C)Sc2c(=O)o[nH][n+]2-c2ccc(C)cc2)cc1Cl. The number of aromatic nitrogens is 2. The van der Waals surface area contributed by atoms with Crippen LogP contribution in [0.2, 0.25) is 5.02 Å². The zero-order valence-electron chi connectivity index (χ0n) is 15.5. The van der Waals surface area contributed by atoms with Gasteiger partial charge in [-0.05, 0) is 53.8 Å². The molecule has 1 heterocycles. The Bertz CT molecular complexity index is 1050. The van der Waals surface area contributed by atoms with Crippen LogP contribution in [0.4, 0.5) is 5.69 Å². The summed E-state index contributed by atoms with van der Waals surface area (Å²) in [5.41, 5.74) is 1.82. The predicted octanol–water partition coefficient (Wildman–Crippen LogP) is 3.33. The number of nitrogens with zero attached hydrogens (tertiary/aromatic N) is 1. The monoisotopic (exact) mass is 420 g/mol. The van der Waals surface area contributed by atoms with Crippen molar-refractivity contribution in [2.75, 3.05) is 12.4 Å². The van der Waals surface area contributed by atoms with E-state index in [1.807, 2.05) is 31.2 Å². The van der Waals surface area contributed by atoms with E-state index in [-0.39, 0.29) is 10.9 Å². The van der Waals surface area contributed by atoms with Crippen molar-refractivity contribution in [3.05, 3.63) is 63.5 Å². The van der Waals surface area contributed by atoms with E-state index in [1.54, 1.807) is 25.1 Å². The number of carbonyl (C=O) groups is 1. The quantitative estimate of drug-likeness (QED) is 0.471. The molecule has 1 unspecified atom stereocenters. The number of anilines is 1. The molecule has 1 amide bonds. The van der Waals surface area contributed by atoms with Crippen molar-refractivity contribution in [2.24, 2.45) is 0 Å². The summed E-state index contributed by atoms with van der Waals surface area (Å²) in [5.74, 6) is 0.244. The van der Waals surface area contributed by atoms with Crippen molar-refractivity contribution in [3.8, 4) is 11.4 Å². The second-order valence-corrected chi connectivity index (χ2v) is 7.79. The second kappa shape index (κ2) is 8.53. The smallest absolute Gasteiger partial charge is 0.442 e. The van der Waals surface area contributed by atoms with Gasteiger partial charge in [0, 0.05) is 17.8 Å². The molecule has 7 nitrogen and oxygen atoms in total. The highest BCUT2D eigenvalue weighted by Crippen LogP contribution is 2.28. The fourth-order valence-corrected chi connectivity index (χ4v) is 3.58. The number of thioether (sulfide) groups is 1. The van der Waals surface area contributed by atoms with Crippen molar-refractivity contribution < 1.29 is 18.7 Å². The molecule has 2 aromatic carbocycles. The summed E-state index contributed by atoms with van der Waals surface area (Å²) in [6.07, 6.45) is 0. The number of hydrogen-bond donors (Lipinski definition) is 2. The van der Waals surface area contributed by atoms with Gasteiger partial charge in [-0.15, -0.1) is 0 Å². The summed E-state index contributed by atoms with van der Waals surface area (Å²) in [7, 11) is 1.52. The normalized spacial score (nSPS) is 11.9. The van der Waals surface area contributed by atoms with E-state index < -0.39 is 10.9 Å². The van der Waals surface area contributed by atoms with Crippen LogP contribution in [0.15, 0.2) is 56.8 Å². The Morgan fingerprint density at radius 1 is 1.29 bits per heavy atom. The Balaban J connectivity index is 1.76. The van der Waals surface area contributed by atoms with Crippen LogP contribution < -0.4 is 20.4 Å². The molecule has 0 aliphatic heterocycles. The standard InChI is InChI=1S/C19H18ClN3O4S/c1-11-4-7-14(8-5-11)23-18(19(25)27-22-23)28-12(2)17(24)21-13-6-9-16(26-3)15(20)10-13/h4-10,12H,1-3H3,(H-,21,22,24,25)/p+1. The molecule has 0 spiro atoms. The third-order valence-corrected chi connectivity index (χ3v) is 5.41. The number of halogens is 1. The fraction of sp³-hybridized carbons (Fsp3) is 0.211. The Kier molecular flexibility index (Phi) is 6.11. The third kappa shape index (κ3) is 4.40. The summed E-state index contributed by atoms with van der Waals surface area (Å²) < 4.78 is 11.5. The molecule has 3 rings (SSSR count). The van der Waals surface area contributed by atoms with Gasteiger partial charge in [0.1, 0.15) is 5.75 Å². The van der Waals surface area contributed by atoms with Gasteiger partial charge in [-0.1, -0.05) is 29.3 Å². The highest BCUT2D eigenvalue weighted by Gasteiger charge is 2.29. The summed E-state index contributed by atoms with van der Waals surface area (Å²) in [6.45, 7) is 3.68. The predicted molar refractivity (Wildman–Crippen MR) is 108 cm³/mol. The Morgan fingerprint density at radius 2 is 2.00 bits per heavy atom. The molecule has 28 heavy (non-hydrogen) atoms. The van der Waals surface area contributed by atoms with Gasteiger partial charge >= 0.3 is 10.7 Å². The Morgan fingerprint density at radius 3 is 2.64 bits per heavy atom. The first-order valence-electron chi connectivity index (χ1n) is 8.40. The Hall–Kier alpha value is -2.71. The second-order valence-electron chi connectivity index (χ2n) is 6.06. The van der Waals surface area contributed by atoms with Crippen molar-refractivity contribution in [1.82, 2.24) is 5.27 Å². The van der Waals surface area contributed by atoms with E-state index >= 15 is 0 Å². The van der Waals surface area contributed by atoms with Crippen LogP contribution in [0.1, 0.15) is 12.5 Å². The first kappa shape index (κ1) is 20.0. The average Bonchev–Trinajstić information content (AvgIpc) is 3.03. The average molecular weight is 421 g/mol. The molecule has 0 radical (unpaired) electrons. The van der Waals surface area contributed by atoms with Gasteiger partial charge in [-0.25, -0.2) is 4.79 Å². The van der Waals surface area contributed by atoms with Crippen LogP contribution >= 0.6 is 23.4 Å². The number of carbonyl (C=O) groups excluding carboxylic acids is 1. The zero-order chi connectivity index (χ0) is 20.3. The number of rotatable bonds is 6. The number of benzene rings is 2. The number of ether oxygens (including phenoxy) is 1. The summed E-state index contributed by atoms with van der Waals surface area (Å²) in [4.78, 5) is 24.7. The minimum absolute atomic E-state index is 0.276. The minimum atomic E-state index is -0.559. The van der Waals surface area contributed by atoms with Gasteiger partial charge in [-0.2, -0.15) is 0 Å². The van der Waals surface area contributed by atoms with Crippen LogP contribution in [-0.4, -0.2) is 23.5 Å². The van der Waals surface area contributed by atoms with Gasteiger partial charge in [0.15, 0.2) is 0 Å². The first-order valence-corrected chi connectivity index (χ1v) is 9.66. The fourth-order valence-electron chi connectivity index (χ4n) is 2.44. The molecular weight excluding hydrogens is 402 g/mol. The van der Waals surface area contributed by atoms with Gasteiger partial charge in [0.25, 0.3) is 0 Å². The molecule has 1 aromatic heterocycles. The van der Waals surface area contributed by atoms with E-state index in [4.69, 9.17) is 20.9 Å². The van der Waals surface area contributed by atoms with Crippen LogP contribution in [0, 0.1) is 6.92 Å².